The second-order valence-corrected chi connectivity index (χ2v) is 8.27. The van der Waals surface area contributed by atoms with Crippen molar-refractivity contribution in [1.82, 2.24) is 5.32 Å². The second kappa shape index (κ2) is 8.83. The Bertz CT molecular complexity index is 1150. The minimum Gasteiger partial charge on any atom is -0.485 e. The Morgan fingerprint density at radius 3 is 2.52 bits per heavy atom. The molecule has 31 heavy (non-hydrogen) atoms. The summed E-state index contributed by atoms with van der Waals surface area (Å²) in [6.07, 6.45) is 0.0936. The molecule has 0 saturated heterocycles. The summed E-state index contributed by atoms with van der Waals surface area (Å²) in [7, 11) is 0. The SMILES string of the molecule is C[C@@H](NCC1CN(Cc2ccccc2)c2ccccc2O1)c1cccc2ccccc12. The smallest absolute Gasteiger partial charge is 0.143 e. The molecule has 5 rings (SSSR count). The molecule has 3 heteroatoms. The Morgan fingerprint density at radius 2 is 1.61 bits per heavy atom. The highest BCUT2D eigenvalue weighted by atomic mass is 16.5. The van der Waals surface area contributed by atoms with Gasteiger partial charge in [0.25, 0.3) is 0 Å². The van der Waals surface area contributed by atoms with Gasteiger partial charge in [-0.05, 0) is 41.0 Å². The molecule has 4 aromatic carbocycles. The first-order valence-corrected chi connectivity index (χ1v) is 11.0. The number of ether oxygens (including phenoxy) is 1. The standard InChI is InChI=1S/C28H28N2O/c1-21(25-15-9-13-23-12-5-6-14-26(23)25)29-18-24-20-30(19-22-10-3-2-4-11-22)27-16-7-8-17-28(27)31-24/h2-17,21,24,29H,18-20H2,1H3/t21-,24?/m1/s1. The van der Waals surface area contributed by atoms with E-state index in [4.69, 9.17) is 4.74 Å². The van der Waals surface area contributed by atoms with Crippen molar-refractivity contribution in [3.05, 3.63) is 108 Å². The third-order valence-electron chi connectivity index (χ3n) is 6.08. The van der Waals surface area contributed by atoms with Crippen LogP contribution < -0.4 is 15.0 Å². The quantitative estimate of drug-likeness (QED) is 0.426. The number of nitrogens with zero attached hydrogens (tertiary/aromatic N) is 1. The zero-order valence-electron chi connectivity index (χ0n) is 17.9. The molecule has 3 nitrogen and oxygen atoms in total. The molecular weight excluding hydrogens is 380 g/mol. The van der Waals surface area contributed by atoms with Crippen molar-refractivity contribution in [2.24, 2.45) is 0 Å². The van der Waals surface area contributed by atoms with E-state index in [1.807, 2.05) is 6.07 Å². The average Bonchev–Trinajstić information content (AvgIpc) is 2.83. The summed E-state index contributed by atoms with van der Waals surface area (Å²) in [6.45, 7) is 4.78. The molecule has 1 N–H and O–H groups in total. The second-order valence-electron chi connectivity index (χ2n) is 8.27. The van der Waals surface area contributed by atoms with Crippen LogP contribution in [0.1, 0.15) is 24.1 Å². The van der Waals surface area contributed by atoms with Crippen LogP contribution in [0.15, 0.2) is 97.1 Å². The average molecular weight is 409 g/mol. The van der Waals surface area contributed by atoms with Crippen molar-refractivity contribution < 1.29 is 4.74 Å². The van der Waals surface area contributed by atoms with Crippen LogP contribution in [0.25, 0.3) is 10.8 Å². The maximum absolute atomic E-state index is 6.37. The maximum Gasteiger partial charge on any atom is 0.143 e. The lowest BCUT2D eigenvalue weighted by atomic mass is 9.99. The zero-order chi connectivity index (χ0) is 21.0. The summed E-state index contributed by atoms with van der Waals surface area (Å²) >= 11 is 0. The van der Waals surface area contributed by atoms with E-state index in [1.165, 1.54) is 27.6 Å². The number of hydrogen-bond acceptors (Lipinski definition) is 3. The van der Waals surface area contributed by atoms with Gasteiger partial charge in [0.2, 0.25) is 0 Å². The number of rotatable bonds is 6. The predicted octanol–water partition coefficient (Wildman–Crippen LogP) is 5.96. The molecule has 1 unspecified atom stereocenters. The van der Waals surface area contributed by atoms with Gasteiger partial charge in [0.05, 0.1) is 12.2 Å². The van der Waals surface area contributed by atoms with Gasteiger partial charge in [-0.15, -0.1) is 0 Å². The van der Waals surface area contributed by atoms with Crippen LogP contribution in [0.5, 0.6) is 5.75 Å². The van der Waals surface area contributed by atoms with Crippen molar-refractivity contribution in [1.29, 1.82) is 0 Å². The lowest BCUT2D eigenvalue weighted by Gasteiger charge is -2.37. The molecule has 4 aromatic rings. The van der Waals surface area contributed by atoms with Crippen LogP contribution in [0, 0.1) is 0 Å². The largest absolute Gasteiger partial charge is 0.485 e. The highest BCUT2D eigenvalue weighted by molar-refractivity contribution is 5.86. The predicted molar refractivity (Wildman–Crippen MR) is 129 cm³/mol. The molecule has 0 bridgehead atoms. The minimum absolute atomic E-state index is 0.0936. The van der Waals surface area contributed by atoms with Crippen LogP contribution in [0.4, 0.5) is 5.69 Å². The lowest BCUT2D eigenvalue weighted by molar-refractivity contribution is 0.185. The number of hydrogen-bond donors (Lipinski definition) is 1. The number of para-hydroxylation sites is 2. The number of fused-ring (bicyclic) bond motifs is 2. The topological polar surface area (TPSA) is 24.5 Å². The normalized spacial score (nSPS) is 16.5. The van der Waals surface area contributed by atoms with E-state index in [9.17, 15) is 0 Å². The Balaban J connectivity index is 1.31. The summed E-state index contributed by atoms with van der Waals surface area (Å²) in [5.74, 6) is 0.967. The van der Waals surface area contributed by atoms with Gasteiger partial charge in [-0.1, -0.05) is 84.9 Å². The minimum atomic E-state index is 0.0936. The van der Waals surface area contributed by atoms with Crippen LogP contribution in [0.3, 0.4) is 0 Å². The van der Waals surface area contributed by atoms with Gasteiger partial charge in [0, 0.05) is 19.1 Å². The lowest BCUT2D eigenvalue weighted by Crippen LogP contribution is -2.45. The Morgan fingerprint density at radius 1 is 0.871 bits per heavy atom. The molecule has 1 aliphatic heterocycles. The summed E-state index contributed by atoms with van der Waals surface area (Å²) in [5.41, 5.74) is 3.81. The number of anilines is 1. The third kappa shape index (κ3) is 4.28. The van der Waals surface area contributed by atoms with E-state index < -0.39 is 0 Å². The van der Waals surface area contributed by atoms with E-state index in [0.29, 0.717) is 0 Å². The summed E-state index contributed by atoms with van der Waals surface area (Å²) < 4.78 is 6.37. The van der Waals surface area contributed by atoms with Crippen molar-refractivity contribution in [2.45, 2.75) is 25.6 Å². The van der Waals surface area contributed by atoms with Crippen molar-refractivity contribution in [2.75, 3.05) is 18.0 Å². The van der Waals surface area contributed by atoms with Gasteiger partial charge >= 0.3 is 0 Å². The first-order chi connectivity index (χ1) is 15.3. The maximum atomic E-state index is 6.37. The fourth-order valence-electron chi connectivity index (χ4n) is 4.49. The molecule has 1 aliphatic rings. The van der Waals surface area contributed by atoms with E-state index in [2.05, 4.69) is 108 Å². The fourth-order valence-corrected chi connectivity index (χ4v) is 4.49. The van der Waals surface area contributed by atoms with Gasteiger partial charge in [0.15, 0.2) is 0 Å². The third-order valence-corrected chi connectivity index (χ3v) is 6.08. The van der Waals surface area contributed by atoms with Crippen LogP contribution in [-0.2, 0) is 6.54 Å². The van der Waals surface area contributed by atoms with E-state index in [0.717, 1.165) is 25.4 Å². The molecular formula is C28H28N2O. The van der Waals surface area contributed by atoms with Gasteiger partial charge < -0.3 is 15.0 Å². The van der Waals surface area contributed by atoms with Gasteiger partial charge in [0.1, 0.15) is 11.9 Å². The number of benzene rings is 4. The van der Waals surface area contributed by atoms with Crippen molar-refractivity contribution in [3.63, 3.8) is 0 Å². The zero-order valence-corrected chi connectivity index (χ0v) is 17.9. The molecule has 0 spiro atoms. The van der Waals surface area contributed by atoms with Crippen molar-refractivity contribution >= 4 is 16.5 Å². The molecule has 0 fully saturated rings. The van der Waals surface area contributed by atoms with Gasteiger partial charge in [-0.2, -0.15) is 0 Å². The van der Waals surface area contributed by atoms with Crippen LogP contribution in [0.2, 0.25) is 0 Å². The van der Waals surface area contributed by atoms with Crippen LogP contribution in [-0.4, -0.2) is 19.2 Å². The molecule has 0 aromatic heterocycles. The number of nitrogens with one attached hydrogen (secondary N) is 1. The summed E-state index contributed by atoms with van der Waals surface area (Å²) in [6, 6.07) is 34.4. The molecule has 0 aliphatic carbocycles. The van der Waals surface area contributed by atoms with Gasteiger partial charge in [-0.25, -0.2) is 0 Å². The van der Waals surface area contributed by atoms with Crippen LogP contribution >= 0.6 is 0 Å². The summed E-state index contributed by atoms with van der Waals surface area (Å²) in [4.78, 5) is 2.43. The fraction of sp³-hybridized carbons (Fsp3) is 0.214. The van der Waals surface area contributed by atoms with E-state index >= 15 is 0 Å². The van der Waals surface area contributed by atoms with Crippen molar-refractivity contribution in [3.8, 4) is 5.75 Å². The Labute approximate surface area is 184 Å². The van der Waals surface area contributed by atoms with E-state index in [-0.39, 0.29) is 12.1 Å². The highest BCUT2D eigenvalue weighted by Gasteiger charge is 2.26. The summed E-state index contributed by atoms with van der Waals surface area (Å²) in [5, 5.41) is 6.32. The highest BCUT2D eigenvalue weighted by Crippen LogP contribution is 2.34. The molecule has 156 valence electrons. The monoisotopic (exact) mass is 408 g/mol. The molecule has 2 atom stereocenters. The first kappa shape index (κ1) is 19.7. The Hall–Kier alpha value is -3.30. The molecule has 1 heterocycles. The molecule has 0 saturated carbocycles. The molecule has 0 amide bonds. The Kier molecular flexibility index (Phi) is 5.59. The first-order valence-electron chi connectivity index (χ1n) is 11.0. The van der Waals surface area contributed by atoms with E-state index in [1.54, 1.807) is 0 Å². The van der Waals surface area contributed by atoms with Gasteiger partial charge in [-0.3, -0.25) is 0 Å². The molecule has 0 radical (unpaired) electrons.